The molecular weight excluding hydrogens is 272 g/mol. The third-order valence-corrected chi connectivity index (χ3v) is 2.61. The first-order chi connectivity index (χ1) is 7.81. The average molecular weight is 283 g/mol. The van der Waals surface area contributed by atoms with Gasteiger partial charge in [-0.25, -0.2) is 9.67 Å². The monoisotopic (exact) mass is 282 g/mol. The first-order valence-electron chi connectivity index (χ1n) is 4.76. The van der Waals surface area contributed by atoms with Gasteiger partial charge in [-0.2, -0.15) is 0 Å². The van der Waals surface area contributed by atoms with Crippen molar-refractivity contribution in [1.29, 1.82) is 0 Å². The maximum atomic E-state index is 5.06. The highest BCUT2D eigenvalue weighted by Crippen LogP contribution is 2.08. The van der Waals surface area contributed by atoms with Gasteiger partial charge in [-0.15, -0.1) is 5.10 Å². The number of rotatable bonds is 4. The van der Waals surface area contributed by atoms with Crippen molar-refractivity contribution in [2.75, 3.05) is 7.11 Å². The lowest BCUT2D eigenvalue weighted by Gasteiger charge is -2.02. The van der Waals surface area contributed by atoms with E-state index in [0.29, 0.717) is 17.8 Å². The topological polar surface area (TPSA) is 52.8 Å². The number of alkyl halides is 1. The molecule has 0 amide bonds. The van der Waals surface area contributed by atoms with Gasteiger partial charge in [0.2, 0.25) is 5.88 Å². The third-order valence-electron chi connectivity index (χ3n) is 2.04. The number of pyridine rings is 1. The number of ether oxygens (including phenoxy) is 1. The molecule has 6 heteroatoms. The Morgan fingerprint density at radius 3 is 2.94 bits per heavy atom. The predicted molar refractivity (Wildman–Crippen MR) is 62.5 cm³/mol. The zero-order valence-electron chi connectivity index (χ0n) is 8.80. The van der Waals surface area contributed by atoms with Crippen LogP contribution in [0.5, 0.6) is 5.88 Å². The van der Waals surface area contributed by atoms with E-state index < -0.39 is 0 Å². The molecule has 0 bridgehead atoms. The van der Waals surface area contributed by atoms with Gasteiger partial charge in [0.1, 0.15) is 0 Å². The normalized spacial score (nSPS) is 10.4. The highest BCUT2D eigenvalue weighted by atomic mass is 79.9. The molecule has 0 N–H and O–H groups in total. The fourth-order valence-electron chi connectivity index (χ4n) is 1.30. The summed E-state index contributed by atoms with van der Waals surface area (Å²) in [6, 6.07) is 5.65. The van der Waals surface area contributed by atoms with Crippen LogP contribution >= 0.6 is 15.9 Å². The first kappa shape index (κ1) is 11.1. The maximum absolute atomic E-state index is 5.06. The Balaban J connectivity index is 2.13. The van der Waals surface area contributed by atoms with E-state index >= 15 is 0 Å². The van der Waals surface area contributed by atoms with Crippen LogP contribution in [0.2, 0.25) is 0 Å². The van der Waals surface area contributed by atoms with Crippen molar-refractivity contribution >= 4 is 15.9 Å². The van der Waals surface area contributed by atoms with Crippen LogP contribution in [0.25, 0.3) is 0 Å². The highest BCUT2D eigenvalue weighted by Gasteiger charge is 2.02. The van der Waals surface area contributed by atoms with E-state index in [9.17, 15) is 0 Å². The van der Waals surface area contributed by atoms with Gasteiger partial charge in [-0.1, -0.05) is 27.2 Å². The maximum Gasteiger partial charge on any atom is 0.213 e. The summed E-state index contributed by atoms with van der Waals surface area (Å²) >= 11 is 3.33. The van der Waals surface area contributed by atoms with Gasteiger partial charge in [0.15, 0.2) is 0 Å². The van der Waals surface area contributed by atoms with Crippen molar-refractivity contribution in [2.45, 2.75) is 11.9 Å². The van der Waals surface area contributed by atoms with Crippen molar-refractivity contribution in [3.05, 3.63) is 35.8 Å². The molecule has 0 atom stereocenters. The second-order valence-electron chi connectivity index (χ2n) is 3.21. The fraction of sp³-hybridized carbons (Fsp3) is 0.300. The molecule has 2 rings (SSSR count). The van der Waals surface area contributed by atoms with E-state index in [-0.39, 0.29) is 0 Å². The van der Waals surface area contributed by atoms with Gasteiger partial charge in [0, 0.05) is 17.6 Å². The lowest BCUT2D eigenvalue weighted by molar-refractivity contribution is 0.395. The van der Waals surface area contributed by atoms with Crippen LogP contribution in [-0.2, 0) is 11.9 Å². The molecule has 2 heterocycles. The van der Waals surface area contributed by atoms with Crippen molar-refractivity contribution < 1.29 is 4.74 Å². The summed E-state index contributed by atoms with van der Waals surface area (Å²) in [5, 5.41) is 8.68. The molecule has 0 aliphatic carbocycles. The number of hydrogen-bond acceptors (Lipinski definition) is 4. The smallest absolute Gasteiger partial charge is 0.213 e. The fourth-order valence-corrected chi connectivity index (χ4v) is 1.56. The average Bonchev–Trinajstić information content (AvgIpc) is 2.77. The molecule has 0 aliphatic heterocycles. The molecule has 0 radical (unpaired) electrons. The molecule has 2 aromatic heterocycles. The summed E-state index contributed by atoms with van der Waals surface area (Å²) in [7, 11) is 1.60. The lowest BCUT2D eigenvalue weighted by Crippen LogP contribution is -2.03. The van der Waals surface area contributed by atoms with Crippen LogP contribution in [0.15, 0.2) is 24.4 Å². The molecule has 2 aromatic rings. The number of nitrogens with zero attached hydrogens (tertiary/aromatic N) is 4. The van der Waals surface area contributed by atoms with Crippen LogP contribution in [0.1, 0.15) is 11.4 Å². The minimum atomic E-state index is 0.594. The van der Waals surface area contributed by atoms with E-state index in [2.05, 4.69) is 31.2 Å². The van der Waals surface area contributed by atoms with E-state index in [0.717, 1.165) is 11.4 Å². The van der Waals surface area contributed by atoms with Gasteiger partial charge in [-0.05, 0) is 6.07 Å². The standard InChI is InChI=1S/C10H11BrN4O/c1-16-10-4-2-3-8(12-10)6-15-7-9(5-11)13-14-15/h2-4,7H,5-6H2,1H3. The van der Waals surface area contributed by atoms with Gasteiger partial charge < -0.3 is 4.74 Å². The number of aromatic nitrogens is 4. The predicted octanol–water partition coefficient (Wildman–Crippen LogP) is 1.62. The van der Waals surface area contributed by atoms with Crippen molar-refractivity contribution in [1.82, 2.24) is 20.0 Å². The van der Waals surface area contributed by atoms with Crippen LogP contribution in [0.4, 0.5) is 0 Å². The Kier molecular flexibility index (Phi) is 3.51. The summed E-state index contributed by atoms with van der Waals surface area (Å²) in [6.45, 7) is 0.594. The highest BCUT2D eigenvalue weighted by molar-refractivity contribution is 9.08. The lowest BCUT2D eigenvalue weighted by atomic mass is 10.3. The van der Waals surface area contributed by atoms with Crippen molar-refractivity contribution in [3.8, 4) is 5.88 Å². The second-order valence-corrected chi connectivity index (χ2v) is 3.77. The zero-order valence-corrected chi connectivity index (χ0v) is 10.4. The Morgan fingerprint density at radius 1 is 1.38 bits per heavy atom. The van der Waals surface area contributed by atoms with Crippen LogP contribution < -0.4 is 4.74 Å². The minimum absolute atomic E-state index is 0.594. The summed E-state index contributed by atoms with van der Waals surface area (Å²) in [4.78, 5) is 4.30. The molecule has 0 spiro atoms. The summed E-state index contributed by atoms with van der Waals surface area (Å²) in [5.41, 5.74) is 1.80. The number of methoxy groups -OCH3 is 1. The quantitative estimate of drug-likeness (QED) is 0.800. The Hall–Kier alpha value is -1.43. The van der Waals surface area contributed by atoms with E-state index in [1.54, 1.807) is 11.8 Å². The number of halogens is 1. The van der Waals surface area contributed by atoms with Crippen LogP contribution in [0, 0.1) is 0 Å². The summed E-state index contributed by atoms with van der Waals surface area (Å²) < 4.78 is 6.80. The molecule has 5 nitrogen and oxygen atoms in total. The molecular formula is C10H11BrN4O. The van der Waals surface area contributed by atoms with E-state index in [1.165, 1.54) is 0 Å². The molecule has 0 saturated carbocycles. The summed E-state index contributed by atoms with van der Waals surface area (Å²) in [5.74, 6) is 0.610. The largest absolute Gasteiger partial charge is 0.481 e. The molecule has 0 fully saturated rings. The molecule has 0 saturated heterocycles. The summed E-state index contributed by atoms with van der Waals surface area (Å²) in [6.07, 6.45) is 1.88. The Labute approximate surface area is 102 Å². The van der Waals surface area contributed by atoms with Crippen molar-refractivity contribution in [2.24, 2.45) is 0 Å². The Morgan fingerprint density at radius 2 is 2.25 bits per heavy atom. The van der Waals surface area contributed by atoms with E-state index in [1.807, 2.05) is 24.4 Å². The minimum Gasteiger partial charge on any atom is -0.481 e. The first-order valence-corrected chi connectivity index (χ1v) is 5.89. The molecule has 16 heavy (non-hydrogen) atoms. The third kappa shape index (κ3) is 2.57. The zero-order chi connectivity index (χ0) is 11.4. The van der Waals surface area contributed by atoms with E-state index in [4.69, 9.17) is 4.74 Å². The number of hydrogen-bond donors (Lipinski definition) is 0. The van der Waals surface area contributed by atoms with Gasteiger partial charge in [0.25, 0.3) is 0 Å². The van der Waals surface area contributed by atoms with Gasteiger partial charge in [-0.3, -0.25) is 0 Å². The molecule has 0 unspecified atom stereocenters. The SMILES string of the molecule is COc1cccc(Cn2cc(CBr)nn2)n1. The van der Waals surface area contributed by atoms with Crippen molar-refractivity contribution in [3.63, 3.8) is 0 Å². The Bertz CT molecular complexity index is 471. The molecule has 0 aromatic carbocycles. The van der Waals surface area contributed by atoms with Crippen LogP contribution in [0.3, 0.4) is 0 Å². The molecule has 84 valence electrons. The molecule has 0 aliphatic rings. The van der Waals surface area contributed by atoms with Gasteiger partial charge >= 0.3 is 0 Å². The second kappa shape index (κ2) is 5.07. The van der Waals surface area contributed by atoms with Gasteiger partial charge in [0.05, 0.1) is 25.0 Å². The van der Waals surface area contributed by atoms with Crippen LogP contribution in [-0.4, -0.2) is 27.1 Å².